The summed E-state index contributed by atoms with van der Waals surface area (Å²) in [7, 11) is 0. The van der Waals surface area contributed by atoms with Crippen LogP contribution in [0.15, 0.2) is 31.1 Å². The molecule has 0 atom stereocenters. The van der Waals surface area contributed by atoms with Gasteiger partial charge in [-0.2, -0.15) is 0 Å². The molecule has 0 amide bonds. The van der Waals surface area contributed by atoms with Crippen molar-refractivity contribution in [2.75, 3.05) is 0 Å². The number of aromatic nitrogens is 1. The third-order valence-electron chi connectivity index (χ3n) is 1.17. The van der Waals surface area contributed by atoms with Crippen molar-refractivity contribution in [1.29, 1.82) is 0 Å². The Bertz CT molecular complexity index is 206. The third-order valence-corrected chi connectivity index (χ3v) is 1.17. The molecule has 0 bridgehead atoms. The minimum absolute atomic E-state index is 0. The second kappa shape index (κ2) is 4.07. The highest BCUT2D eigenvalue weighted by Gasteiger charge is 1.86. The number of hydrogen-bond acceptors (Lipinski definition) is 1. The normalized spacial score (nSPS) is 8.10. The predicted molar refractivity (Wildman–Crippen MR) is 46.2 cm³/mol. The molecule has 1 aromatic heterocycles. The van der Waals surface area contributed by atoms with Crippen molar-refractivity contribution >= 4 is 18.0 Å². The molecule has 0 unspecified atom stereocenters. The molecule has 0 aliphatic carbocycles. The molecule has 0 fully saturated rings. The van der Waals surface area contributed by atoms with E-state index < -0.39 is 0 Å². The molecule has 54 valence electrons. The first kappa shape index (κ1) is 9.18. The largest absolute Gasteiger partial charge is 0.265 e. The van der Waals surface area contributed by atoms with E-state index >= 15 is 0 Å². The van der Waals surface area contributed by atoms with Gasteiger partial charge < -0.3 is 0 Å². The van der Waals surface area contributed by atoms with Gasteiger partial charge in [0, 0.05) is 12.4 Å². The summed E-state index contributed by atoms with van der Waals surface area (Å²) < 4.78 is 0. The maximum atomic E-state index is 3.89. The van der Waals surface area contributed by atoms with Crippen molar-refractivity contribution in [2.45, 2.75) is 6.92 Å². The van der Waals surface area contributed by atoms with Gasteiger partial charge in [-0.25, -0.2) is 0 Å². The minimum Gasteiger partial charge on any atom is -0.265 e. The average molecular weight is 156 g/mol. The van der Waals surface area contributed by atoms with E-state index in [0.717, 1.165) is 11.1 Å². The molecular weight excluding hydrogens is 146 g/mol. The van der Waals surface area contributed by atoms with Crippen molar-refractivity contribution in [3.63, 3.8) is 0 Å². The first-order chi connectivity index (χ1) is 4.30. The lowest BCUT2D eigenvalue weighted by Crippen LogP contribution is -1.75. The van der Waals surface area contributed by atoms with E-state index in [0.29, 0.717) is 0 Å². The molecule has 0 saturated carbocycles. The molecular formula is C8H10ClN. The number of hydrogen-bond donors (Lipinski definition) is 0. The van der Waals surface area contributed by atoms with Gasteiger partial charge in [0.15, 0.2) is 0 Å². The lowest BCUT2D eigenvalue weighted by Gasteiger charge is -1.94. The van der Waals surface area contributed by atoms with Gasteiger partial charge in [-0.1, -0.05) is 12.2 Å². The summed E-state index contributed by atoms with van der Waals surface area (Å²) in [6, 6.07) is 3.89. The van der Waals surface area contributed by atoms with Crippen molar-refractivity contribution in [1.82, 2.24) is 4.98 Å². The van der Waals surface area contributed by atoms with Gasteiger partial charge in [0.1, 0.15) is 0 Å². The summed E-state index contributed by atoms with van der Waals surface area (Å²) in [4.78, 5) is 3.89. The van der Waals surface area contributed by atoms with Crippen LogP contribution in [0.25, 0.3) is 5.57 Å². The Morgan fingerprint density at radius 3 is 2.20 bits per heavy atom. The molecule has 0 aromatic carbocycles. The van der Waals surface area contributed by atoms with E-state index in [4.69, 9.17) is 0 Å². The van der Waals surface area contributed by atoms with Crippen molar-refractivity contribution in [2.24, 2.45) is 0 Å². The van der Waals surface area contributed by atoms with Gasteiger partial charge in [0.05, 0.1) is 0 Å². The Labute approximate surface area is 67.2 Å². The highest BCUT2D eigenvalue weighted by molar-refractivity contribution is 5.85. The first-order valence-corrected chi connectivity index (χ1v) is 2.86. The van der Waals surface area contributed by atoms with E-state index in [1.54, 1.807) is 12.4 Å². The van der Waals surface area contributed by atoms with E-state index in [9.17, 15) is 0 Å². The summed E-state index contributed by atoms with van der Waals surface area (Å²) in [6.45, 7) is 5.78. The molecule has 1 heterocycles. The van der Waals surface area contributed by atoms with Crippen LogP contribution in [0.3, 0.4) is 0 Å². The summed E-state index contributed by atoms with van der Waals surface area (Å²) >= 11 is 0. The Morgan fingerprint density at radius 2 is 1.90 bits per heavy atom. The van der Waals surface area contributed by atoms with Gasteiger partial charge in [-0.3, -0.25) is 4.98 Å². The zero-order valence-electron chi connectivity index (χ0n) is 5.87. The predicted octanol–water partition coefficient (Wildman–Crippen LogP) is 2.54. The second-order valence-electron chi connectivity index (χ2n) is 2.02. The topological polar surface area (TPSA) is 12.9 Å². The zero-order chi connectivity index (χ0) is 6.69. The Kier molecular flexibility index (Phi) is 3.74. The van der Waals surface area contributed by atoms with E-state index in [1.807, 2.05) is 19.1 Å². The van der Waals surface area contributed by atoms with Crippen LogP contribution in [-0.2, 0) is 0 Å². The van der Waals surface area contributed by atoms with Crippen LogP contribution in [-0.4, -0.2) is 4.98 Å². The van der Waals surface area contributed by atoms with Crippen LogP contribution < -0.4 is 0 Å². The Balaban J connectivity index is 0.000000810. The van der Waals surface area contributed by atoms with Crippen LogP contribution in [0.5, 0.6) is 0 Å². The van der Waals surface area contributed by atoms with Crippen molar-refractivity contribution in [3.05, 3.63) is 36.7 Å². The summed E-state index contributed by atoms with van der Waals surface area (Å²) in [5, 5.41) is 0. The smallest absolute Gasteiger partial charge is 0.0273 e. The van der Waals surface area contributed by atoms with Gasteiger partial charge in [-0.05, 0) is 24.6 Å². The van der Waals surface area contributed by atoms with Gasteiger partial charge in [0.25, 0.3) is 0 Å². The molecule has 0 N–H and O–H groups in total. The molecule has 1 rings (SSSR count). The number of pyridine rings is 1. The molecule has 0 aliphatic heterocycles. The number of nitrogens with zero attached hydrogens (tertiary/aromatic N) is 1. The SMILES string of the molecule is C=C(C)c1ccncc1.Cl. The fourth-order valence-electron chi connectivity index (χ4n) is 0.636. The molecule has 1 aromatic rings. The fraction of sp³-hybridized carbons (Fsp3) is 0.125. The lowest BCUT2D eigenvalue weighted by atomic mass is 10.1. The number of rotatable bonds is 1. The molecule has 0 spiro atoms. The third kappa shape index (κ3) is 2.19. The maximum absolute atomic E-state index is 3.89. The van der Waals surface area contributed by atoms with Crippen LogP contribution in [0, 0.1) is 0 Å². The van der Waals surface area contributed by atoms with Gasteiger partial charge >= 0.3 is 0 Å². The molecule has 0 aliphatic rings. The molecule has 0 radical (unpaired) electrons. The summed E-state index contributed by atoms with van der Waals surface area (Å²) in [5.41, 5.74) is 2.24. The van der Waals surface area contributed by atoms with Crippen molar-refractivity contribution in [3.8, 4) is 0 Å². The van der Waals surface area contributed by atoms with E-state index in [1.165, 1.54) is 0 Å². The van der Waals surface area contributed by atoms with E-state index in [-0.39, 0.29) is 12.4 Å². The Morgan fingerprint density at radius 1 is 1.40 bits per heavy atom. The molecule has 1 nitrogen and oxygen atoms in total. The van der Waals surface area contributed by atoms with Crippen LogP contribution in [0.4, 0.5) is 0 Å². The monoisotopic (exact) mass is 155 g/mol. The van der Waals surface area contributed by atoms with Gasteiger partial charge in [-0.15, -0.1) is 12.4 Å². The van der Waals surface area contributed by atoms with Gasteiger partial charge in [0.2, 0.25) is 0 Å². The standard InChI is InChI=1S/C8H9N.ClH/c1-7(2)8-3-5-9-6-4-8;/h3-6H,1H2,2H3;1H. The molecule has 10 heavy (non-hydrogen) atoms. The fourth-order valence-corrected chi connectivity index (χ4v) is 0.636. The highest BCUT2D eigenvalue weighted by Crippen LogP contribution is 2.07. The zero-order valence-corrected chi connectivity index (χ0v) is 6.69. The van der Waals surface area contributed by atoms with Crippen LogP contribution in [0.1, 0.15) is 12.5 Å². The maximum Gasteiger partial charge on any atom is 0.0273 e. The summed E-state index contributed by atoms with van der Waals surface area (Å²) in [6.07, 6.45) is 3.54. The summed E-state index contributed by atoms with van der Waals surface area (Å²) in [5.74, 6) is 0. The average Bonchev–Trinajstić information content (AvgIpc) is 1.90. The van der Waals surface area contributed by atoms with Crippen molar-refractivity contribution < 1.29 is 0 Å². The molecule has 2 heteroatoms. The van der Waals surface area contributed by atoms with Crippen LogP contribution >= 0.6 is 12.4 Å². The minimum atomic E-state index is 0. The van der Waals surface area contributed by atoms with E-state index in [2.05, 4.69) is 11.6 Å². The first-order valence-electron chi connectivity index (χ1n) is 2.86. The Hall–Kier alpha value is -0.820. The molecule has 0 saturated heterocycles. The number of allylic oxidation sites excluding steroid dienone is 1. The lowest BCUT2D eigenvalue weighted by molar-refractivity contribution is 1.31. The van der Waals surface area contributed by atoms with Crippen LogP contribution in [0.2, 0.25) is 0 Å². The quantitative estimate of drug-likeness (QED) is 0.608. The number of halogens is 1. The second-order valence-corrected chi connectivity index (χ2v) is 2.02. The highest BCUT2D eigenvalue weighted by atomic mass is 35.5.